The summed E-state index contributed by atoms with van der Waals surface area (Å²) in [6, 6.07) is 0. The second-order valence-electron chi connectivity index (χ2n) is 5.61. The average molecular weight is 257 g/mol. The van der Waals surface area contributed by atoms with Crippen LogP contribution in [0.4, 0.5) is 0 Å². The van der Waals surface area contributed by atoms with Crippen molar-refractivity contribution < 1.29 is 4.74 Å². The number of hydrogen-bond acceptors (Lipinski definition) is 2. The fourth-order valence-electron chi connectivity index (χ4n) is 2.18. The first-order chi connectivity index (χ1) is 8.08. The van der Waals surface area contributed by atoms with Crippen LogP contribution in [0.3, 0.4) is 0 Å². The Balaban J connectivity index is 2.07. The summed E-state index contributed by atoms with van der Waals surface area (Å²) < 4.78 is 5.94. The van der Waals surface area contributed by atoms with E-state index in [1.165, 1.54) is 44.9 Å². The van der Waals surface area contributed by atoms with E-state index in [1.807, 2.05) is 0 Å². The van der Waals surface area contributed by atoms with Gasteiger partial charge in [-0.05, 0) is 26.2 Å². The minimum Gasteiger partial charge on any atom is -0.393 e. The number of ether oxygens (including phenoxy) is 1. The van der Waals surface area contributed by atoms with Crippen molar-refractivity contribution in [2.24, 2.45) is 11.1 Å². The zero-order valence-electron chi connectivity index (χ0n) is 11.3. The van der Waals surface area contributed by atoms with Crippen LogP contribution >= 0.6 is 12.2 Å². The molecular weight excluding hydrogens is 230 g/mol. The average Bonchev–Trinajstić information content (AvgIpc) is 3.01. The number of hydrogen-bond donors (Lipinski definition) is 1. The summed E-state index contributed by atoms with van der Waals surface area (Å²) in [5, 5.41) is 0. The highest BCUT2D eigenvalue weighted by atomic mass is 32.1. The Hall–Kier alpha value is -0.150. The summed E-state index contributed by atoms with van der Waals surface area (Å²) in [5.74, 6) is 0. The fraction of sp³-hybridized carbons (Fsp3) is 0.929. The molecule has 1 aliphatic rings. The molecule has 0 bridgehead atoms. The Kier molecular flexibility index (Phi) is 6.42. The summed E-state index contributed by atoms with van der Waals surface area (Å²) in [6.45, 7) is 5.27. The number of thiocarbonyl (C=S) groups is 1. The highest BCUT2D eigenvalue weighted by Crippen LogP contribution is 2.49. The Labute approximate surface area is 111 Å². The summed E-state index contributed by atoms with van der Waals surface area (Å²) >= 11 is 4.98. The lowest BCUT2D eigenvalue weighted by Gasteiger charge is -2.19. The summed E-state index contributed by atoms with van der Waals surface area (Å²) in [5.41, 5.74) is 5.92. The van der Waals surface area contributed by atoms with E-state index in [0.29, 0.717) is 16.5 Å². The molecule has 1 aliphatic carbocycles. The van der Waals surface area contributed by atoms with Crippen LogP contribution in [0.1, 0.15) is 65.2 Å². The van der Waals surface area contributed by atoms with Crippen LogP contribution < -0.4 is 5.73 Å². The van der Waals surface area contributed by atoms with Gasteiger partial charge in [0, 0.05) is 11.8 Å². The molecule has 0 aromatic rings. The van der Waals surface area contributed by atoms with E-state index in [-0.39, 0.29) is 0 Å². The third-order valence-electron chi connectivity index (χ3n) is 3.64. The Morgan fingerprint density at radius 1 is 1.35 bits per heavy atom. The molecule has 100 valence electrons. The van der Waals surface area contributed by atoms with E-state index >= 15 is 0 Å². The van der Waals surface area contributed by atoms with Crippen molar-refractivity contribution in [1.29, 1.82) is 0 Å². The van der Waals surface area contributed by atoms with E-state index in [2.05, 4.69) is 13.8 Å². The Morgan fingerprint density at radius 3 is 2.59 bits per heavy atom. The lowest BCUT2D eigenvalue weighted by Crippen LogP contribution is -2.22. The van der Waals surface area contributed by atoms with Gasteiger partial charge in [0.2, 0.25) is 0 Å². The summed E-state index contributed by atoms with van der Waals surface area (Å²) in [6.07, 6.45) is 10.2. The number of nitrogens with two attached hydrogens (primary N) is 1. The van der Waals surface area contributed by atoms with Gasteiger partial charge in [-0.1, -0.05) is 44.8 Å². The molecule has 1 rings (SSSR count). The molecule has 1 unspecified atom stereocenters. The van der Waals surface area contributed by atoms with Crippen molar-refractivity contribution in [3.63, 3.8) is 0 Å². The van der Waals surface area contributed by atoms with Crippen molar-refractivity contribution in [1.82, 2.24) is 0 Å². The third kappa shape index (κ3) is 6.37. The van der Waals surface area contributed by atoms with Crippen LogP contribution in [0, 0.1) is 5.41 Å². The van der Waals surface area contributed by atoms with Gasteiger partial charge in [0.15, 0.2) is 0 Å². The normalized spacial score (nSPS) is 18.9. The highest BCUT2D eigenvalue weighted by molar-refractivity contribution is 7.80. The van der Waals surface area contributed by atoms with Crippen molar-refractivity contribution >= 4 is 17.2 Å². The van der Waals surface area contributed by atoms with Gasteiger partial charge in [0.25, 0.3) is 0 Å². The molecule has 0 aromatic heterocycles. The van der Waals surface area contributed by atoms with E-state index < -0.39 is 0 Å². The molecule has 0 radical (unpaired) electrons. The monoisotopic (exact) mass is 257 g/mol. The van der Waals surface area contributed by atoms with Crippen LogP contribution in [0.15, 0.2) is 0 Å². The predicted molar refractivity (Wildman–Crippen MR) is 77.2 cm³/mol. The zero-order valence-corrected chi connectivity index (χ0v) is 12.2. The van der Waals surface area contributed by atoms with Crippen LogP contribution in [0.2, 0.25) is 0 Å². The van der Waals surface area contributed by atoms with Crippen LogP contribution in [-0.4, -0.2) is 17.7 Å². The molecule has 0 aliphatic heterocycles. The largest absolute Gasteiger partial charge is 0.393 e. The van der Waals surface area contributed by atoms with Gasteiger partial charge in [-0.25, -0.2) is 0 Å². The summed E-state index contributed by atoms with van der Waals surface area (Å²) in [4.78, 5) is 0.640. The van der Waals surface area contributed by atoms with Crippen LogP contribution in [0.5, 0.6) is 0 Å². The number of rotatable bonds is 10. The minimum absolute atomic E-state index is 0.309. The fourth-order valence-corrected chi connectivity index (χ4v) is 2.49. The first-order valence-electron chi connectivity index (χ1n) is 6.98. The molecule has 1 saturated carbocycles. The molecule has 17 heavy (non-hydrogen) atoms. The van der Waals surface area contributed by atoms with E-state index in [4.69, 9.17) is 22.7 Å². The second-order valence-corrected chi connectivity index (χ2v) is 6.14. The summed E-state index contributed by atoms with van der Waals surface area (Å²) in [7, 11) is 0. The SMILES string of the molecule is CCCCCCC(C)OCC1(CC(N)=S)CC1. The molecule has 0 spiro atoms. The van der Waals surface area contributed by atoms with Crippen molar-refractivity contribution in [3.8, 4) is 0 Å². The quantitative estimate of drug-likeness (QED) is 0.477. The second kappa shape index (κ2) is 7.32. The van der Waals surface area contributed by atoms with Gasteiger partial charge >= 0.3 is 0 Å². The topological polar surface area (TPSA) is 35.2 Å². The molecule has 1 atom stereocenters. The maximum atomic E-state index is 5.94. The van der Waals surface area contributed by atoms with E-state index in [9.17, 15) is 0 Å². The van der Waals surface area contributed by atoms with Crippen molar-refractivity contribution in [2.75, 3.05) is 6.61 Å². The van der Waals surface area contributed by atoms with Gasteiger partial charge in [-0.15, -0.1) is 0 Å². The molecule has 0 aromatic carbocycles. The Morgan fingerprint density at radius 2 is 2.06 bits per heavy atom. The van der Waals surface area contributed by atoms with Gasteiger partial charge in [0.05, 0.1) is 17.7 Å². The zero-order chi connectivity index (χ0) is 12.7. The van der Waals surface area contributed by atoms with Gasteiger partial charge in [0.1, 0.15) is 0 Å². The van der Waals surface area contributed by atoms with E-state index in [1.54, 1.807) is 0 Å². The van der Waals surface area contributed by atoms with Crippen molar-refractivity contribution in [3.05, 3.63) is 0 Å². The van der Waals surface area contributed by atoms with E-state index in [0.717, 1.165) is 13.0 Å². The lowest BCUT2D eigenvalue weighted by atomic mass is 10.0. The first-order valence-corrected chi connectivity index (χ1v) is 7.39. The van der Waals surface area contributed by atoms with Crippen molar-refractivity contribution in [2.45, 2.75) is 71.3 Å². The minimum atomic E-state index is 0.309. The Bertz CT molecular complexity index is 238. The first kappa shape index (κ1) is 14.9. The molecule has 3 heteroatoms. The molecular formula is C14H27NOS. The predicted octanol–water partition coefficient (Wildman–Crippen LogP) is 3.82. The third-order valence-corrected chi connectivity index (χ3v) is 3.79. The molecule has 1 fully saturated rings. The standard InChI is InChI=1S/C14H27NOS/c1-3-4-5-6-7-12(2)16-11-14(8-9-14)10-13(15)17/h12H,3-11H2,1-2H3,(H2,15,17). The van der Waals surface area contributed by atoms with Gasteiger partial charge in [-0.3, -0.25) is 0 Å². The lowest BCUT2D eigenvalue weighted by molar-refractivity contribution is 0.0285. The van der Waals surface area contributed by atoms with Crippen LogP contribution in [-0.2, 0) is 4.74 Å². The molecule has 0 heterocycles. The van der Waals surface area contributed by atoms with Gasteiger partial charge < -0.3 is 10.5 Å². The highest BCUT2D eigenvalue weighted by Gasteiger charge is 2.43. The van der Waals surface area contributed by atoms with Crippen LogP contribution in [0.25, 0.3) is 0 Å². The molecule has 0 saturated heterocycles. The molecule has 2 N–H and O–H groups in total. The smallest absolute Gasteiger partial charge is 0.0733 e. The maximum absolute atomic E-state index is 5.94. The maximum Gasteiger partial charge on any atom is 0.0733 e. The molecule has 2 nitrogen and oxygen atoms in total. The molecule has 0 amide bonds. The van der Waals surface area contributed by atoms with Gasteiger partial charge in [-0.2, -0.15) is 0 Å². The number of unbranched alkanes of at least 4 members (excludes halogenated alkanes) is 3.